The summed E-state index contributed by atoms with van der Waals surface area (Å²) in [5.41, 5.74) is 3.88. The molecular weight excluding hydrogens is 244 g/mol. The van der Waals surface area contributed by atoms with E-state index in [4.69, 9.17) is 22.2 Å². The summed E-state index contributed by atoms with van der Waals surface area (Å²) >= 11 is 7.72. The number of thioether (sulfide) groups is 1. The highest BCUT2D eigenvalue weighted by Crippen LogP contribution is 2.24. The van der Waals surface area contributed by atoms with Gasteiger partial charge in [-0.3, -0.25) is 11.3 Å². The van der Waals surface area contributed by atoms with Crippen molar-refractivity contribution in [3.05, 3.63) is 28.8 Å². The number of hydrogen-bond donors (Lipinski definition) is 2. The normalized spacial score (nSPS) is 12.5. The molecular formula is C11H17ClN2OS. The Morgan fingerprint density at radius 3 is 2.88 bits per heavy atom. The zero-order valence-corrected chi connectivity index (χ0v) is 11.1. The molecule has 0 spiro atoms. The van der Waals surface area contributed by atoms with Crippen LogP contribution in [-0.2, 0) is 6.42 Å². The first-order chi connectivity index (χ1) is 7.71. The van der Waals surface area contributed by atoms with Gasteiger partial charge in [0.2, 0.25) is 0 Å². The largest absolute Gasteiger partial charge is 0.496 e. The number of rotatable bonds is 6. The van der Waals surface area contributed by atoms with Crippen LogP contribution < -0.4 is 16.0 Å². The Morgan fingerprint density at radius 1 is 1.56 bits per heavy atom. The number of benzene rings is 1. The highest BCUT2D eigenvalue weighted by molar-refractivity contribution is 7.98. The van der Waals surface area contributed by atoms with Crippen LogP contribution in [0.25, 0.3) is 0 Å². The van der Waals surface area contributed by atoms with Crippen LogP contribution in [0.3, 0.4) is 0 Å². The molecule has 0 saturated carbocycles. The van der Waals surface area contributed by atoms with Gasteiger partial charge < -0.3 is 4.74 Å². The van der Waals surface area contributed by atoms with Gasteiger partial charge >= 0.3 is 0 Å². The summed E-state index contributed by atoms with van der Waals surface area (Å²) in [6, 6.07) is 5.85. The van der Waals surface area contributed by atoms with E-state index in [1.807, 2.05) is 18.2 Å². The van der Waals surface area contributed by atoms with E-state index in [2.05, 4.69) is 11.7 Å². The van der Waals surface area contributed by atoms with Crippen LogP contribution in [0.1, 0.15) is 5.56 Å². The van der Waals surface area contributed by atoms with Crippen LogP contribution in [0.5, 0.6) is 5.75 Å². The van der Waals surface area contributed by atoms with Crippen molar-refractivity contribution in [1.29, 1.82) is 0 Å². The molecule has 0 fully saturated rings. The number of hydrogen-bond acceptors (Lipinski definition) is 4. The van der Waals surface area contributed by atoms with Crippen molar-refractivity contribution >= 4 is 23.4 Å². The lowest BCUT2D eigenvalue weighted by molar-refractivity contribution is 0.406. The first kappa shape index (κ1) is 13.6. The van der Waals surface area contributed by atoms with E-state index in [0.717, 1.165) is 28.5 Å². The van der Waals surface area contributed by atoms with Crippen LogP contribution in [0.15, 0.2) is 18.2 Å². The summed E-state index contributed by atoms with van der Waals surface area (Å²) in [5.74, 6) is 7.30. The molecule has 3 nitrogen and oxygen atoms in total. The van der Waals surface area contributed by atoms with Crippen molar-refractivity contribution in [1.82, 2.24) is 5.43 Å². The number of methoxy groups -OCH3 is 1. The van der Waals surface area contributed by atoms with Gasteiger partial charge in [0.25, 0.3) is 0 Å². The molecule has 0 bridgehead atoms. The number of nitrogens with one attached hydrogen (secondary N) is 1. The smallest absolute Gasteiger partial charge is 0.122 e. The van der Waals surface area contributed by atoms with Crippen LogP contribution in [0.4, 0.5) is 0 Å². The molecule has 0 aliphatic rings. The van der Waals surface area contributed by atoms with Gasteiger partial charge in [-0.15, -0.1) is 0 Å². The molecule has 1 atom stereocenters. The monoisotopic (exact) mass is 260 g/mol. The van der Waals surface area contributed by atoms with Gasteiger partial charge in [0.05, 0.1) is 7.11 Å². The Balaban J connectivity index is 2.80. The fraction of sp³-hybridized carbons (Fsp3) is 0.455. The highest BCUT2D eigenvalue weighted by Gasteiger charge is 2.11. The molecule has 1 rings (SSSR count). The maximum atomic E-state index is 5.97. The standard InChI is InChI=1S/C11H17ClN2OS/c1-15-11-4-3-9(12)5-8(11)6-10(14-13)7-16-2/h3-5,10,14H,6-7,13H2,1-2H3. The fourth-order valence-corrected chi connectivity index (χ4v) is 2.35. The molecule has 0 heterocycles. The molecule has 1 aromatic carbocycles. The van der Waals surface area contributed by atoms with Crippen molar-refractivity contribution < 1.29 is 4.74 Å². The summed E-state index contributed by atoms with van der Waals surface area (Å²) in [6.45, 7) is 0. The topological polar surface area (TPSA) is 47.3 Å². The molecule has 0 aromatic heterocycles. The zero-order chi connectivity index (χ0) is 12.0. The lowest BCUT2D eigenvalue weighted by Crippen LogP contribution is -2.38. The van der Waals surface area contributed by atoms with Crippen LogP contribution in [0.2, 0.25) is 5.02 Å². The third-order valence-corrected chi connectivity index (χ3v) is 3.28. The third-order valence-electron chi connectivity index (χ3n) is 2.31. The van der Waals surface area contributed by atoms with E-state index in [0.29, 0.717) is 0 Å². The average Bonchev–Trinajstić information content (AvgIpc) is 2.29. The lowest BCUT2D eigenvalue weighted by atomic mass is 10.1. The Hall–Kier alpha value is -0.420. The second-order valence-corrected chi connectivity index (χ2v) is 4.83. The van der Waals surface area contributed by atoms with Gasteiger partial charge in [0.1, 0.15) is 5.75 Å². The van der Waals surface area contributed by atoms with E-state index in [9.17, 15) is 0 Å². The maximum absolute atomic E-state index is 5.97. The van der Waals surface area contributed by atoms with Gasteiger partial charge in [-0.05, 0) is 36.4 Å². The summed E-state index contributed by atoms with van der Waals surface area (Å²) in [7, 11) is 1.66. The first-order valence-corrected chi connectivity index (χ1v) is 6.76. The SMILES string of the molecule is COc1ccc(Cl)cc1CC(CSC)NN. The van der Waals surface area contributed by atoms with E-state index >= 15 is 0 Å². The van der Waals surface area contributed by atoms with Crippen molar-refractivity contribution in [2.45, 2.75) is 12.5 Å². The summed E-state index contributed by atoms with van der Waals surface area (Å²) in [5, 5.41) is 0.718. The third kappa shape index (κ3) is 3.87. The molecule has 0 saturated heterocycles. The van der Waals surface area contributed by atoms with Crippen molar-refractivity contribution in [3.63, 3.8) is 0 Å². The predicted octanol–water partition coefficient (Wildman–Crippen LogP) is 2.09. The molecule has 0 radical (unpaired) electrons. The molecule has 3 N–H and O–H groups in total. The second kappa shape index (κ2) is 7.01. The summed E-state index contributed by atoms with van der Waals surface area (Å²) < 4.78 is 5.29. The number of nitrogens with two attached hydrogens (primary N) is 1. The van der Waals surface area contributed by atoms with E-state index in [1.54, 1.807) is 18.9 Å². The molecule has 5 heteroatoms. The summed E-state index contributed by atoms with van der Waals surface area (Å²) in [4.78, 5) is 0. The second-order valence-electron chi connectivity index (χ2n) is 3.48. The minimum atomic E-state index is 0.224. The highest BCUT2D eigenvalue weighted by atomic mass is 35.5. The zero-order valence-electron chi connectivity index (χ0n) is 9.50. The molecule has 0 aliphatic carbocycles. The average molecular weight is 261 g/mol. The van der Waals surface area contributed by atoms with Crippen LogP contribution in [0, 0.1) is 0 Å². The van der Waals surface area contributed by atoms with Gasteiger partial charge in [0.15, 0.2) is 0 Å². The van der Waals surface area contributed by atoms with Crippen molar-refractivity contribution in [3.8, 4) is 5.75 Å². The first-order valence-electron chi connectivity index (χ1n) is 4.98. The molecule has 1 unspecified atom stereocenters. The molecule has 16 heavy (non-hydrogen) atoms. The van der Waals surface area contributed by atoms with Gasteiger partial charge in [0, 0.05) is 16.8 Å². The van der Waals surface area contributed by atoms with E-state index in [-0.39, 0.29) is 6.04 Å². The van der Waals surface area contributed by atoms with Crippen molar-refractivity contribution in [2.24, 2.45) is 5.84 Å². The Kier molecular flexibility index (Phi) is 5.98. The van der Waals surface area contributed by atoms with E-state index in [1.165, 1.54) is 0 Å². The number of halogens is 1. The Labute approximate surface area is 106 Å². The van der Waals surface area contributed by atoms with Gasteiger partial charge in [-0.1, -0.05) is 11.6 Å². The number of ether oxygens (including phenoxy) is 1. The van der Waals surface area contributed by atoms with Crippen LogP contribution >= 0.6 is 23.4 Å². The molecule has 0 aliphatic heterocycles. The Morgan fingerprint density at radius 2 is 2.31 bits per heavy atom. The fourth-order valence-electron chi connectivity index (χ4n) is 1.54. The maximum Gasteiger partial charge on any atom is 0.122 e. The van der Waals surface area contributed by atoms with Gasteiger partial charge in [-0.2, -0.15) is 11.8 Å². The van der Waals surface area contributed by atoms with E-state index < -0.39 is 0 Å². The molecule has 1 aromatic rings. The Bertz CT molecular complexity index is 336. The number of hydrazine groups is 1. The quantitative estimate of drug-likeness (QED) is 0.607. The minimum Gasteiger partial charge on any atom is -0.496 e. The van der Waals surface area contributed by atoms with Crippen molar-refractivity contribution in [2.75, 3.05) is 19.1 Å². The predicted molar refractivity (Wildman–Crippen MR) is 71.2 cm³/mol. The molecule has 0 amide bonds. The lowest BCUT2D eigenvalue weighted by Gasteiger charge is -2.16. The summed E-state index contributed by atoms with van der Waals surface area (Å²) in [6.07, 6.45) is 2.86. The molecule has 90 valence electrons. The minimum absolute atomic E-state index is 0.224. The van der Waals surface area contributed by atoms with Gasteiger partial charge in [-0.25, -0.2) is 0 Å². The van der Waals surface area contributed by atoms with Crippen LogP contribution in [-0.4, -0.2) is 25.2 Å².